The summed E-state index contributed by atoms with van der Waals surface area (Å²) in [6.45, 7) is 2.63. The molecule has 1 unspecified atom stereocenters. The van der Waals surface area contributed by atoms with Gasteiger partial charge in [0.2, 0.25) is 10.0 Å². The molecule has 0 amide bonds. The van der Waals surface area contributed by atoms with Gasteiger partial charge in [-0.2, -0.15) is 9.57 Å². The molecular weight excluding hydrogens is 260 g/mol. The molecule has 1 atom stereocenters. The van der Waals surface area contributed by atoms with Gasteiger partial charge in [0.1, 0.15) is 0 Å². The Morgan fingerprint density at radius 2 is 2.05 bits per heavy atom. The van der Waals surface area contributed by atoms with Gasteiger partial charge in [0.05, 0.1) is 17.4 Å². The summed E-state index contributed by atoms with van der Waals surface area (Å²) >= 11 is 0. The van der Waals surface area contributed by atoms with Crippen LogP contribution in [0.3, 0.4) is 0 Å². The molecule has 0 bridgehead atoms. The lowest BCUT2D eigenvalue weighted by Crippen LogP contribution is -2.35. The average Bonchev–Trinajstić information content (AvgIpc) is 2.89. The molecule has 0 aliphatic carbocycles. The Kier molecular flexibility index (Phi) is 4.23. The molecule has 1 aromatic rings. The maximum atomic E-state index is 12.5. The van der Waals surface area contributed by atoms with Crippen LogP contribution in [0.2, 0.25) is 0 Å². The van der Waals surface area contributed by atoms with E-state index < -0.39 is 10.0 Å². The van der Waals surface area contributed by atoms with Gasteiger partial charge in [-0.15, -0.1) is 0 Å². The highest BCUT2D eigenvalue weighted by Gasteiger charge is 2.33. The van der Waals surface area contributed by atoms with Crippen LogP contribution in [0.25, 0.3) is 0 Å². The third-order valence-electron chi connectivity index (χ3n) is 3.61. The van der Waals surface area contributed by atoms with Gasteiger partial charge in [0.15, 0.2) is 0 Å². The molecule has 1 aliphatic rings. The van der Waals surface area contributed by atoms with E-state index in [0.29, 0.717) is 17.9 Å². The van der Waals surface area contributed by atoms with Crippen molar-refractivity contribution in [3.8, 4) is 6.07 Å². The lowest BCUT2D eigenvalue weighted by Gasteiger charge is -2.23. The van der Waals surface area contributed by atoms with Crippen molar-refractivity contribution in [1.29, 1.82) is 5.26 Å². The molecule has 2 rings (SSSR count). The first-order valence-electron chi connectivity index (χ1n) is 6.57. The monoisotopic (exact) mass is 278 g/mol. The summed E-state index contributed by atoms with van der Waals surface area (Å²) in [5.41, 5.74) is 0.843. The second-order valence-corrected chi connectivity index (χ2v) is 6.69. The van der Waals surface area contributed by atoms with Crippen LogP contribution in [0.5, 0.6) is 0 Å². The van der Waals surface area contributed by atoms with Gasteiger partial charge in [-0.1, -0.05) is 19.1 Å². The largest absolute Gasteiger partial charge is 0.243 e. The van der Waals surface area contributed by atoms with E-state index in [1.807, 2.05) is 6.92 Å². The van der Waals surface area contributed by atoms with E-state index in [0.717, 1.165) is 24.8 Å². The van der Waals surface area contributed by atoms with Gasteiger partial charge in [0, 0.05) is 12.6 Å². The van der Waals surface area contributed by atoms with Crippen LogP contribution < -0.4 is 0 Å². The maximum Gasteiger partial charge on any atom is 0.243 e. The van der Waals surface area contributed by atoms with Gasteiger partial charge in [0.25, 0.3) is 0 Å². The van der Waals surface area contributed by atoms with E-state index in [4.69, 9.17) is 5.26 Å². The average molecular weight is 278 g/mol. The topological polar surface area (TPSA) is 61.2 Å². The molecule has 1 heterocycles. The number of nitriles is 1. The van der Waals surface area contributed by atoms with Crippen molar-refractivity contribution in [3.05, 3.63) is 29.8 Å². The van der Waals surface area contributed by atoms with Crippen molar-refractivity contribution in [2.75, 3.05) is 6.54 Å². The number of hydrogen-bond acceptors (Lipinski definition) is 3. The minimum absolute atomic E-state index is 0.129. The van der Waals surface area contributed by atoms with Gasteiger partial charge in [-0.3, -0.25) is 0 Å². The summed E-state index contributed by atoms with van der Waals surface area (Å²) < 4.78 is 26.7. The fourth-order valence-electron chi connectivity index (χ4n) is 2.54. The zero-order valence-electron chi connectivity index (χ0n) is 11.0. The second-order valence-electron chi connectivity index (χ2n) is 4.80. The lowest BCUT2D eigenvalue weighted by molar-refractivity contribution is 0.379. The Bertz CT molecular complexity index is 572. The van der Waals surface area contributed by atoms with Crippen LogP contribution in [0, 0.1) is 11.3 Å². The standard InChI is InChI=1S/C14H18N2O2S/c1-2-13-4-3-11-16(13)19(17,18)14-7-5-12(6-8-14)9-10-15/h5-8,13H,2-4,9,11H2,1H3. The number of hydrogen-bond donors (Lipinski definition) is 0. The summed E-state index contributed by atoms with van der Waals surface area (Å²) in [6.07, 6.45) is 3.04. The highest BCUT2D eigenvalue weighted by molar-refractivity contribution is 7.89. The van der Waals surface area contributed by atoms with E-state index in [1.54, 1.807) is 28.6 Å². The Morgan fingerprint density at radius 3 is 2.63 bits per heavy atom. The van der Waals surface area contributed by atoms with E-state index in [-0.39, 0.29) is 6.04 Å². The summed E-state index contributed by atoms with van der Waals surface area (Å²) in [7, 11) is -3.38. The Balaban J connectivity index is 2.27. The minimum atomic E-state index is -3.38. The smallest absolute Gasteiger partial charge is 0.207 e. The summed E-state index contributed by atoms with van der Waals surface area (Å²) in [6, 6.07) is 8.82. The molecular formula is C14H18N2O2S. The first-order chi connectivity index (χ1) is 9.09. The zero-order valence-corrected chi connectivity index (χ0v) is 11.9. The predicted molar refractivity (Wildman–Crippen MR) is 73.0 cm³/mol. The van der Waals surface area contributed by atoms with Crippen LogP contribution >= 0.6 is 0 Å². The fourth-order valence-corrected chi connectivity index (χ4v) is 4.31. The van der Waals surface area contributed by atoms with Crippen LogP contribution in [0.15, 0.2) is 29.2 Å². The van der Waals surface area contributed by atoms with Crippen molar-refractivity contribution in [1.82, 2.24) is 4.31 Å². The molecule has 1 aromatic carbocycles. The van der Waals surface area contributed by atoms with Gasteiger partial charge >= 0.3 is 0 Å². The Labute approximate surface area is 114 Å². The molecule has 0 aromatic heterocycles. The third kappa shape index (κ3) is 2.80. The Hall–Kier alpha value is -1.38. The predicted octanol–water partition coefficient (Wildman–Crippen LogP) is 2.32. The maximum absolute atomic E-state index is 12.5. The van der Waals surface area contributed by atoms with Crippen LogP contribution in [0.1, 0.15) is 31.7 Å². The Morgan fingerprint density at radius 1 is 1.37 bits per heavy atom. The molecule has 5 heteroatoms. The summed E-state index contributed by atoms with van der Waals surface area (Å²) in [5, 5.41) is 8.61. The zero-order chi connectivity index (χ0) is 13.9. The van der Waals surface area contributed by atoms with Crippen molar-refractivity contribution in [2.24, 2.45) is 0 Å². The van der Waals surface area contributed by atoms with Crippen molar-refractivity contribution in [2.45, 2.75) is 43.5 Å². The third-order valence-corrected chi connectivity index (χ3v) is 5.57. The number of nitrogens with zero attached hydrogens (tertiary/aromatic N) is 2. The highest BCUT2D eigenvalue weighted by Crippen LogP contribution is 2.27. The molecule has 1 fully saturated rings. The van der Waals surface area contributed by atoms with Crippen molar-refractivity contribution < 1.29 is 8.42 Å². The van der Waals surface area contributed by atoms with Gasteiger partial charge < -0.3 is 0 Å². The van der Waals surface area contributed by atoms with Gasteiger partial charge in [-0.25, -0.2) is 8.42 Å². The van der Waals surface area contributed by atoms with E-state index in [2.05, 4.69) is 6.07 Å². The molecule has 0 saturated carbocycles. The van der Waals surface area contributed by atoms with Crippen molar-refractivity contribution in [3.63, 3.8) is 0 Å². The number of benzene rings is 1. The summed E-state index contributed by atoms with van der Waals surface area (Å²) in [4.78, 5) is 0.328. The van der Waals surface area contributed by atoms with Crippen LogP contribution in [-0.2, 0) is 16.4 Å². The molecule has 4 nitrogen and oxygen atoms in total. The number of rotatable bonds is 4. The fraction of sp³-hybridized carbons (Fsp3) is 0.500. The SMILES string of the molecule is CCC1CCCN1S(=O)(=O)c1ccc(CC#N)cc1. The molecule has 0 spiro atoms. The lowest BCUT2D eigenvalue weighted by atomic mass is 10.2. The molecule has 19 heavy (non-hydrogen) atoms. The molecule has 1 saturated heterocycles. The van der Waals surface area contributed by atoms with Crippen molar-refractivity contribution >= 4 is 10.0 Å². The quantitative estimate of drug-likeness (QED) is 0.849. The first-order valence-corrected chi connectivity index (χ1v) is 8.01. The molecule has 1 aliphatic heterocycles. The first kappa shape index (κ1) is 14.0. The van der Waals surface area contributed by atoms with Crippen LogP contribution in [-0.4, -0.2) is 25.3 Å². The molecule has 0 radical (unpaired) electrons. The van der Waals surface area contributed by atoms with Crippen LogP contribution in [0.4, 0.5) is 0 Å². The summed E-state index contributed by atoms with van der Waals surface area (Å²) in [5.74, 6) is 0. The normalized spacial score (nSPS) is 20.3. The van der Waals surface area contributed by atoms with E-state index >= 15 is 0 Å². The molecule has 102 valence electrons. The molecule has 0 N–H and O–H groups in total. The van der Waals surface area contributed by atoms with E-state index in [9.17, 15) is 8.42 Å². The highest BCUT2D eigenvalue weighted by atomic mass is 32.2. The van der Waals surface area contributed by atoms with Gasteiger partial charge in [-0.05, 0) is 37.0 Å². The van der Waals surface area contributed by atoms with E-state index in [1.165, 1.54) is 0 Å². The number of sulfonamides is 1. The minimum Gasteiger partial charge on any atom is -0.207 e. The second kappa shape index (κ2) is 5.72.